The second-order valence-electron chi connectivity index (χ2n) is 32.8. The van der Waals surface area contributed by atoms with E-state index in [4.69, 9.17) is 78.1 Å². The number of nitrogens with zero attached hydrogens (tertiary/aromatic N) is 7. The second-order valence-corrected chi connectivity index (χ2v) is 32.8. The van der Waals surface area contributed by atoms with Crippen LogP contribution < -0.4 is 16.8 Å². The van der Waals surface area contributed by atoms with Crippen LogP contribution in [0.2, 0.25) is 0 Å². The van der Waals surface area contributed by atoms with Crippen LogP contribution in [0.4, 0.5) is 10.6 Å². The van der Waals surface area contributed by atoms with Crippen molar-refractivity contribution in [1.29, 1.82) is 0 Å². The van der Waals surface area contributed by atoms with Crippen molar-refractivity contribution >= 4 is 69.1 Å². The summed E-state index contributed by atoms with van der Waals surface area (Å²) < 4.78 is 76.7. The van der Waals surface area contributed by atoms with Gasteiger partial charge in [0.05, 0.1) is 142 Å². The maximum atomic E-state index is 14.6. The Balaban J connectivity index is 0.545. The van der Waals surface area contributed by atoms with Crippen LogP contribution in [0.1, 0.15) is 141 Å². The number of methoxy groups -OCH3 is 2. The number of fused-ring (bicyclic) bond motifs is 6. The van der Waals surface area contributed by atoms with Gasteiger partial charge in [0.2, 0.25) is 11.7 Å². The molecule has 10 rings (SSSR count). The number of nitrogens with two attached hydrogens (primary N) is 2. The molecule has 0 spiro atoms. The molecule has 0 radical (unpaired) electrons. The number of cyclic esters (lactones) is 1. The summed E-state index contributed by atoms with van der Waals surface area (Å²) in [5.74, 6) is -8.06. The van der Waals surface area contributed by atoms with Gasteiger partial charge < -0.3 is 108 Å². The number of Topliss-reactive ketones (excluding diaryl/α,β-unsaturated/α-hetero) is 3. The van der Waals surface area contributed by atoms with Crippen molar-refractivity contribution in [3.05, 3.63) is 113 Å². The maximum absolute atomic E-state index is 14.6. The highest BCUT2D eigenvalue weighted by Gasteiger charge is 2.50. The molecule has 3 amide bonds. The number of H-pyrrole nitrogens is 1. The number of aromatic nitrogens is 6. The average Bonchev–Trinajstić information content (AvgIpc) is 1.57. The number of nitrogen functional groups attached to an aromatic ring is 1. The normalized spacial score (nSPS) is 26.8. The summed E-state index contributed by atoms with van der Waals surface area (Å²) in [4.78, 5) is 117. The Morgan fingerprint density at radius 1 is 0.726 bits per heavy atom. The van der Waals surface area contributed by atoms with Gasteiger partial charge in [0, 0.05) is 101 Å². The van der Waals surface area contributed by atoms with Gasteiger partial charge in [0.1, 0.15) is 59.7 Å². The average molecular weight is 1730 g/mol. The first-order valence-electron chi connectivity index (χ1n) is 43.7. The van der Waals surface area contributed by atoms with Gasteiger partial charge in [-0.2, -0.15) is 5.10 Å². The lowest BCUT2D eigenvalue weighted by Gasteiger charge is -2.40. The molecule has 5 aliphatic rings. The van der Waals surface area contributed by atoms with E-state index in [-0.39, 0.29) is 81.7 Å². The van der Waals surface area contributed by atoms with Crippen LogP contribution in [-0.4, -0.2) is 296 Å². The largest absolute Gasteiger partial charge is 0.459 e. The molecule has 9 N–H and O–H groups in total. The molecule has 5 aromatic rings. The Bertz CT molecular complexity index is 4400. The number of allylic oxidation sites excluding steroid dienone is 6. The minimum Gasteiger partial charge on any atom is -0.459 e. The lowest BCUT2D eigenvalue weighted by molar-refractivity contribution is -0.245. The first-order valence-corrected chi connectivity index (χ1v) is 43.7. The number of aliphatic hydroxyl groups excluding tert-OH is 2. The summed E-state index contributed by atoms with van der Waals surface area (Å²) in [6.45, 7) is 16.2. The molecule has 8 heterocycles. The summed E-state index contributed by atoms with van der Waals surface area (Å²) in [5.41, 5.74) is 20.7. The summed E-state index contributed by atoms with van der Waals surface area (Å²) in [6.07, 6.45) is 12.8. The van der Waals surface area contributed by atoms with Crippen molar-refractivity contribution in [2.24, 2.45) is 29.4 Å². The van der Waals surface area contributed by atoms with E-state index in [2.05, 4.69) is 43.5 Å². The number of aromatic amines is 1. The van der Waals surface area contributed by atoms with E-state index in [1.165, 1.54) is 32.0 Å². The van der Waals surface area contributed by atoms with Gasteiger partial charge in [-0.3, -0.25) is 24.0 Å². The smallest absolute Gasteiger partial charge is 0.407 e. The van der Waals surface area contributed by atoms with E-state index in [0.29, 0.717) is 186 Å². The molecule has 34 nitrogen and oxygen atoms in total. The van der Waals surface area contributed by atoms with Gasteiger partial charge >= 0.3 is 12.1 Å². The lowest BCUT2D eigenvalue weighted by Crippen LogP contribution is -2.58. The predicted octanol–water partition coefficient (Wildman–Crippen LogP) is 7.13. The highest BCUT2D eigenvalue weighted by molar-refractivity contribution is 6.39. The van der Waals surface area contributed by atoms with Gasteiger partial charge in [-0.05, 0) is 136 Å². The third kappa shape index (κ3) is 28.9. The number of carbonyl (C=O) groups excluding carboxylic acids is 7. The molecule has 1 aliphatic carbocycles. The molecular formula is C90H129N11O23. The number of anilines is 1. The van der Waals surface area contributed by atoms with Gasteiger partial charge in [-0.1, -0.05) is 75.4 Å². The number of piperidine rings is 1. The number of ketones is 3. The summed E-state index contributed by atoms with van der Waals surface area (Å²) in [6, 6.07) is 8.10. The van der Waals surface area contributed by atoms with Crippen molar-refractivity contribution in [1.82, 2.24) is 44.8 Å². The zero-order valence-electron chi connectivity index (χ0n) is 72.8. The van der Waals surface area contributed by atoms with E-state index in [1.807, 2.05) is 72.1 Å². The summed E-state index contributed by atoms with van der Waals surface area (Å²) in [5, 5.41) is 43.6. The predicted molar refractivity (Wildman–Crippen MR) is 458 cm³/mol. The number of carbonyl (C=O) groups is 7. The minimum absolute atomic E-state index is 0.00401. The van der Waals surface area contributed by atoms with Gasteiger partial charge in [0.15, 0.2) is 11.4 Å². The quantitative estimate of drug-likeness (QED) is 0.00907. The van der Waals surface area contributed by atoms with Crippen molar-refractivity contribution < 1.29 is 110 Å². The van der Waals surface area contributed by atoms with Crippen LogP contribution >= 0.6 is 0 Å². The number of hydrogen-bond acceptors (Lipinski definition) is 29. The zero-order chi connectivity index (χ0) is 88.5. The number of benzene rings is 1. The first-order chi connectivity index (χ1) is 59.9. The van der Waals surface area contributed by atoms with Crippen LogP contribution in [-0.2, 0) is 110 Å². The number of hydrogen-bond donors (Lipinski definition) is 7. The maximum Gasteiger partial charge on any atom is 0.407 e. The number of ether oxygens (including phenoxy) is 13. The van der Waals surface area contributed by atoms with Crippen LogP contribution in [0.15, 0.2) is 96.7 Å². The fourth-order valence-corrected chi connectivity index (χ4v) is 16.5. The highest BCUT2D eigenvalue weighted by Crippen LogP contribution is 2.37. The summed E-state index contributed by atoms with van der Waals surface area (Å²) in [7, 11) is 3.06. The second kappa shape index (κ2) is 50.0. The molecule has 1 aromatic carbocycles. The van der Waals surface area contributed by atoms with Crippen LogP contribution in [0, 0.1) is 23.7 Å². The van der Waals surface area contributed by atoms with Crippen molar-refractivity contribution in [3.8, 4) is 11.3 Å². The van der Waals surface area contributed by atoms with E-state index < -0.39 is 114 Å². The Kier molecular flexibility index (Phi) is 39.3. The van der Waals surface area contributed by atoms with Gasteiger partial charge in [-0.15, -0.1) is 0 Å². The fourth-order valence-electron chi connectivity index (χ4n) is 16.5. The Hall–Kier alpha value is -8.69. The van der Waals surface area contributed by atoms with E-state index >= 15 is 0 Å². The number of alkyl carbamates (subject to hydrolysis) is 1. The molecule has 2 saturated heterocycles. The molecule has 4 aromatic heterocycles. The molecule has 682 valence electrons. The molecule has 4 aliphatic heterocycles. The molecule has 34 heteroatoms. The van der Waals surface area contributed by atoms with Crippen LogP contribution in [0.25, 0.3) is 33.3 Å². The number of rotatable bonds is 36. The van der Waals surface area contributed by atoms with Crippen molar-refractivity contribution in [3.63, 3.8) is 0 Å². The van der Waals surface area contributed by atoms with Gasteiger partial charge in [-0.25, -0.2) is 29.2 Å². The molecule has 1 saturated carbocycles. The van der Waals surface area contributed by atoms with E-state index in [0.717, 1.165) is 44.6 Å². The zero-order valence-corrected chi connectivity index (χ0v) is 72.8. The monoisotopic (exact) mass is 1730 g/mol. The molecule has 14 atom stereocenters. The standard InChI is InChI=1S/C90H129N11O23/c1-58-14-9-8-10-15-59(2)74(112-6)52-69-16-13-25-90(111,124-69)83(107)87(108)100-28-12-11-17-71(100)88(109)122-75(53-72(102)60(3)47-62(5)81(105)82(106)80(104)61(4)46-58)70(91)49-63-19-21-73(76(50-63)113-7)123-89(110)94-27-31-115-33-35-117-37-39-119-41-43-121-45-44-120-42-40-118-38-36-116-34-32-114-30-24-77(103)99-29-23-65-48-64(18-20-67(65)56-99)55-101-86-78(84(92)96-57-97-86)79(98-101)68-51-66-22-26-93-85(66)95-54-68/h8-10,14-15,18,20,22,26,47-48,51,54,57-58,60-61,63,69-71,73-76,81-82,105-106,111H,11-13,16-17,19,21,23-25,27-46,49-50,52-53,55-56,91H2,1-7H3,(H,93,95)(H,94,110)(H2,92,96,97)/b10-8+,14-9+,59-15+,62-47+/t58-,60-,61-,63+,69+,70-,71+,73-,74+,75+,76-,81-,82+,90-/m1/s1. The van der Waals surface area contributed by atoms with Crippen LogP contribution in [0.5, 0.6) is 0 Å². The van der Waals surface area contributed by atoms with Crippen LogP contribution in [0.3, 0.4) is 0 Å². The Morgan fingerprint density at radius 3 is 2.10 bits per heavy atom. The van der Waals surface area contributed by atoms with Crippen molar-refractivity contribution in [2.45, 2.75) is 205 Å². The third-order valence-electron chi connectivity index (χ3n) is 23.5. The third-order valence-corrected chi connectivity index (χ3v) is 23.5. The summed E-state index contributed by atoms with van der Waals surface area (Å²) >= 11 is 0. The molecule has 3 fully saturated rings. The van der Waals surface area contributed by atoms with Gasteiger partial charge in [0.25, 0.3) is 11.7 Å². The highest BCUT2D eigenvalue weighted by atomic mass is 16.6. The number of pyridine rings is 1. The minimum atomic E-state index is -2.47. The Morgan fingerprint density at radius 2 is 1.41 bits per heavy atom. The first kappa shape index (κ1) is 97.5. The number of aliphatic hydroxyl groups is 3. The molecule has 2 bridgehead atoms. The SMILES string of the molecule is CO[C@H]1C[C@@H]2CCC[C@@](O)(O2)C(=O)C(=O)N2CCCC[C@H]2C(=O)O[C@H]([C@H](N)C[C@@H]2CC[C@@H](OC(=O)NCCOCCOCCOCCOCCOCCOCCOCCOCCC(=O)N3CCc4cc(Cn5nc(-c6cnc7[nH]ccc7c6)c6c(N)ncnc65)ccc4C3)[C@H](OC)C2)CC(=O)[C@H](C)/C=C(\C)[C@@H](O)[C@@H](O)C(=O)[C@H](C)C[C@H](C)/C=C/C=C/C=C/1C. The fraction of sp³-hybridized carbons (Fsp3) is 0.633. The van der Waals surface area contributed by atoms with E-state index in [1.54, 1.807) is 27.2 Å². The molecule has 124 heavy (non-hydrogen) atoms. The molecular weight excluding hydrogens is 1600 g/mol. The topological polar surface area (TPSA) is 443 Å². The number of amides is 3. The molecule has 0 unspecified atom stereocenters. The number of esters is 1. The number of nitrogens with one attached hydrogen (secondary N) is 2. The Labute approximate surface area is 725 Å². The van der Waals surface area contributed by atoms with Crippen molar-refractivity contribution in [2.75, 3.05) is 145 Å². The lowest BCUT2D eigenvalue weighted by atomic mass is 9.80. The van der Waals surface area contributed by atoms with E-state index in [9.17, 15) is 48.9 Å².